The van der Waals surface area contributed by atoms with Crippen molar-refractivity contribution in [3.63, 3.8) is 0 Å². The third kappa shape index (κ3) is 3.42. The van der Waals surface area contributed by atoms with Crippen LogP contribution in [0.15, 0.2) is 48.7 Å². The van der Waals surface area contributed by atoms with Crippen LogP contribution in [-0.2, 0) is 11.8 Å². The average molecular weight is 307 g/mol. The average Bonchev–Trinajstić information content (AvgIpc) is 2.92. The number of rotatable bonds is 3. The SMILES string of the molecule is Cc1c(/C=C/C(=O)N2CC=C(c3ccccc3)CC2)cnn1C. The first-order chi connectivity index (χ1) is 11.1. The normalized spacial score (nSPS) is 15.0. The largest absolute Gasteiger partial charge is 0.335 e. The Morgan fingerprint density at radius 3 is 2.65 bits per heavy atom. The maximum Gasteiger partial charge on any atom is 0.246 e. The summed E-state index contributed by atoms with van der Waals surface area (Å²) in [4.78, 5) is 14.2. The third-order valence-corrected chi connectivity index (χ3v) is 4.34. The zero-order chi connectivity index (χ0) is 16.2. The van der Waals surface area contributed by atoms with E-state index in [1.165, 1.54) is 11.1 Å². The van der Waals surface area contributed by atoms with Crippen LogP contribution >= 0.6 is 0 Å². The molecule has 4 nitrogen and oxygen atoms in total. The second kappa shape index (κ2) is 6.65. The molecule has 2 heterocycles. The fourth-order valence-corrected chi connectivity index (χ4v) is 2.73. The summed E-state index contributed by atoms with van der Waals surface area (Å²) < 4.78 is 1.81. The molecule has 0 bridgehead atoms. The maximum absolute atomic E-state index is 12.3. The van der Waals surface area contributed by atoms with Crippen molar-refractivity contribution in [2.75, 3.05) is 13.1 Å². The van der Waals surface area contributed by atoms with Gasteiger partial charge in [-0.2, -0.15) is 5.10 Å². The zero-order valence-electron chi connectivity index (χ0n) is 13.6. The summed E-state index contributed by atoms with van der Waals surface area (Å²) in [6.07, 6.45) is 8.32. The highest BCUT2D eigenvalue weighted by Crippen LogP contribution is 2.22. The molecule has 1 amide bonds. The Labute approximate surface area is 136 Å². The molecule has 0 spiro atoms. The van der Waals surface area contributed by atoms with E-state index in [1.54, 1.807) is 17.0 Å². The Hall–Kier alpha value is -2.62. The van der Waals surface area contributed by atoms with Gasteiger partial charge in [-0.05, 0) is 30.6 Å². The van der Waals surface area contributed by atoms with Gasteiger partial charge < -0.3 is 4.90 Å². The zero-order valence-corrected chi connectivity index (χ0v) is 13.6. The Bertz CT molecular complexity index is 756. The van der Waals surface area contributed by atoms with E-state index in [9.17, 15) is 4.79 Å². The van der Waals surface area contributed by atoms with Crippen LogP contribution in [0.3, 0.4) is 0 Å². The van der Waals surface area contributed by atoms with Gasteiger partial charge >= 0.3 is 0 Å². The number of hydrogen-bond acceptors (Lipinski definition) is 2. The monoisotopic (exact) mass is 307 g/mol. The van der Waals surface area contributed by atoms with Crippen molar-refractivity contribution in [2.24, 2.45) is 7.05 Å². The van der Waals surface area contributed by atoms with E-state index in [4.69, 9.17) is 0 Å². The Balaban J connectivity index is 1.64. The minimum absolute atomic E-state index is 0.0524. The van der Waals surface area contributed by atoms with Gasteiger partial charge in [-0.15, -0.1) is 0 Å². The van der Waals surface area contributed by atoms with E-state index in [2.05, 4.69) is 23.3 Å². The lowest BCUT2D eigenvalue weighted by Crippen LogP contribution is -2.33. The molecule has 4 heteroatoms. The Morgan fingerprint density at radius 2 is 2.04 bits per heavy atom. The van der Waals surface area contributed by atoms with Gasteiger partial charge in [-0.3, -0.25) is 9.48 Å². The lowest BCUT2D eigenvalue weighted by atomic mass is 9.99. The molecule has 0 radical (unpaired) electrons. The molecule has 118 valence electrons. The summed E-state index contributed by atoms with van der Waals surface area (Å²) in [5, 5.41) is 4.18. The number of carbonyl (C=O) groups is 1. The second-order valence-electron chi connectivity index (χ2n) is 5.77. The van der Waals surface area contributed by atoms with Gasteiger partial charge in [-0.1, -0.05) is 36.4 Å². The summed E-state index contributed by atoms with van der Waals surface area (Å²) >= 11 is 0. The molecule has 23 heavy (non-hydrogen) atoms. The lowest BCUT2D eigenvalue weighted by Gasteiger charge is -2.25. The van der Waals surface area contributed by atoms with Gasteiger partial charge in [0.25, 0.3) is 0 Å². The molecule has 0 aliphatic carbocycles. The van der Waals surface area contributed by atoms with Crippen LogP contribution in [0.25, 0.3) is 11.6 Å². The summed E-state index contributed by atoms with van der Waals surface area (Å²) in [5.74, 6) is 0.0524. The maximum atomic E-state index is 12.3. The van der Waals surface area contributed by atoms with Crippen LogP contribution in [0.1, 0.15) is 23.2 Å². The van der Waals surface area contributed by atoms with Gasteiger partial charge in [0.2, 0.25) is 5.91 Å². The number of carbonyl (C=O) groups excluding carboxylic acids is 1. The summed E-state index contributed by atoms with van der Waals surface area (Å²) in [7, 11) is 1.90. The second-order valence-corrected chi connectivity index (χ2v) is 5.77. The highest BCUT2D eigenvalue weighted by Gasteiger charge is 2.16. The van der Waals surface area contributed by atoms with E-state index >= 15 is 0 Å². The molecule has 0 atom stereocenters. The van der Waals surface area contributed by atoms with Crippen LogP contribution in [0.2, 0.25) is 0 Å². The van der Waals surface area contributed by atoms with Crippen LogP contribution in [0.5, 0.6) is 0 Å². The third-order valence-electron chi connectivity index (χ3n) is 4.34. The molecule has 2 aromatic rings. The van der Waals surface area contributed by atoms with Gasteiger partial charge in [0.1, 0.15) is 0 Å². The molecular formula is C19H21N3O. The van der Waals surface area contributed by atoms with E-state index in [-0.39, 0.29) is 5.91 Å². The first-order valence-corrected chi connectivity index (χ1v) is 7.85. The van der Waals surface area contributed by atoms with Crippen molar-refractivity contribution in [3.8, 4) is 0 Å². The predicted octanol–water partition coefficient (Wildman–Crippen LogP) is 3.06. The highest BCUT2D eigenvalue weighted by molar-refractivity contribution is 5.92. The van der Waals surface area contributed by atoms with E-state index in [1.807, 2.05) is 43.1 Å². The lowest BCUT2D eigenvalue weighted by molar-refractivity contribution is -0.125. The van der Waals surface area contributed by atoms with Gasteiger partial charge in [0, 0.05) is 37.5 Å². The molecule has 0 N–H and O–H groups in total. The van der Waals surface area contributed by atoms with Gasteiger partial charge in [-0.25, -0.2) is 0 Å². The Morgan fingerprint density at radius 1 is 1.26 bits per heavy atom. The molecule has 1 aliphatic rings. The number of hydrogen-bond donors (Lipinski definition) is 0. The molecule has 0 saturated carbocycles. The summed E-state index contributed by atoms with van der Waals surface area (Å²) in [6, 6.07) is 10.4. The summed E-state index contributed by atoms with van der Waals surface area (Å²) in [5.41, 5.74) is 4.61. The van der Waals surface area contributed by atoms with Crippen LogP contribution in [-0.4, -0.2) is 33.7 Å². The van der Waals surface area contributed by atoms with Crippen molar-refractivity contribution < 1.29 is 4.79 Å². The minimum atomic E-state index is 0.0524. The van der Waals surface area contributed by atoms with Crippen molar-refractivity contribution in [2.45, 2.75) is 13.3 Å². The van der Waals surface area contributed by atoms with Crippen LogP contribution in [0, 0.1) is 6.92 Å². The standard InChI is InChI=1S/C19H21N3O/c1-15-18(14-20-21(15)2)8-9-19(23)22-12-10-17(11-13-22)16-6-4-3-5-7-16/h3-10,14H,11-13H2,1-2H3/b9-8+. The molecular weight excluding hydrogens is 286 g/mol. The van der Waals surface area contributed by atoms with Gasteiger partial charge in [0.15, 0.2) is 0 Å². The van der Waals surface area contributed by atoms with Crippen molar-refractivity contribution in [1.82, 2.24) is 14.7 Å². The number of nitrogens with zero attached hydrogens (tertiary/aromatic N) is 3. The number of benzene rings is 1. The first-order valence-electron chi connectivity index (χ1n) is 7.85. The molecule has 1 aliphatic heterocycles. The quantitative estimate of drug-likeness (QED) is 0.817. The van der Waals surface area contributed by atoms with Crippen LogP contribution in [0.4, 0.5) is 0 Å². The van der Waals surface area contributed by atoms with Crippen LogP contribution < -0.4 is 0 Å². The molecule has 0 fully saturated rings. The number of aryl methyl sites for hydroxylation is 1. The van der Waals surface area contributed by atoms with E-state index in [0.29, 0.717) is 6.54 Å². The number of amides is 1. The highest BCUT2D eigenvalue weighted by atomic mass is 16.2. The van der Waals surface area contributed by atoms with Crippen molar-refractivity contribution in [1.29, 1.82) is 0 Å². The van der Waals surface area contributed by atoms with Crippen molar-refractivity contribution >= 4 is 17.6 Å². The molecule has 0 saturated heterocycles. The van der Waals surface area contributed by atoms with Gasteiger partial charge in [0.05, 0.1) is 6.20 Å². The Kier molecular flexibility index (Phi) is 4.42. The summed E-state index contributed by atoms with van der Waals surface area (Å²) in [6.45, 7) is 3.42. The van der Waals surface area contributed by atoms with Crippen molar-refractivity contribution in [3.05, 3.63) is 65.5 Å². The predicted molar refractivity (Wildman–Crippen MR) is 92.6 cm³/mol. The smallest absolute Gasteiger partial charge is 0.246 e. The number of aromatic nitrogens is 2. The molecule has 1 aromatic carbocycles. The minimum Gasteiger partial charge on any atom is -0.335 e. The fraction of sp³-hybridized carbons (Fsp3) is 0.263. The fourth-order valence-electron chi connectivity index (χ4n) is 2.73. The molecule has 1 aromatic heterocycles. The van der Waals surface area contributed by atoms with E-state index in [0.717, 1.165) is 24.2 Å². The molecule has 0 unspecified atom stereocenters. The van der Waals surface area contributed by atoms with E-state index < -0.39 is 0 Å². The molecule has 3 rings (SSSR count). The first kappa shape index (κ1) is 15.3. The topological polar surface area (TPSA) is 38.1 Å².